The molecule has 0 amide bonds. The highest BCUT2D eigenvalue weighted by molar-refractivity contribution is 6.30. The van der Waals surface area contributed by atoms with Crippen molar-refractivity contribution in [1.82, 2.24) is 0 Å². The van der Waals surface area contributed by atoms with E-state index in [1.54, 1.807) is 7.11 Å². The number of hydrogen-bond acceptors (Lipinski definition) is 1. The summed E-state index contributed by atoms with van der Waals surface area (Å²) >= 11 is 6.03. The summed E-state index contributed by atoms with van der Waals surface area (Å²) in [5.41, 5.74) is 3.58. The van der Waals surface area contributed by atoms with Crippen LogP contribution in [0.1, 0.15) is 29.0 Å². The first-order chi connectivity index (χ1) is 13.2. The van der Waals surface area contributed by atoms with Gasteiger partial charge >= 0.3 is 0 Å². The second kappa shape index (κ2) is 9.54. The fourth-order valence-corrected chi connectivity index (χ4v) is 3.36. The molecule has 140 valence electrons. The highest BCUT2D eigenvalue weighted by atomic mass is 35.5. The molecule has 0 saturated carbocycles. The standard InChI is InChI=1S/C23H23ClFNO/c1-27-22-12-2-17(3-13-22)16-26-15-14-23(18-4-8-20(24)9-5-18)19-6-10-21(25)11-7-19/h2-13,23,26H,14-16H2,1H3/p+1/t23-/m1/s1. The highest BCUT2D eigenvalue weighted by Crippen LogP contribution is 2.28. The first-order valence-corrected chi connectivity index (χ1v) is 9.49. The quantitative estimate of drug-likeness (QED) is 0.556. The smallest absolute Gasteiger partial charge is 0.123 e. The van der Waals surface area contributed by atoms with Gasteiger partial charge in [-0.25, -0.2) is 4.39 Å². The number of benzene rings is 3. The van der Waals surface area contributed by atoms with Crippen molar-refractivity contribution in [1.29, 1.82) is 0 Å². The van der Waals surface area contributed by atoms with Crippen LogP contribution >= 0.6 is 11.6 Å². The zero-order valence-corrected chi connectivity index (χ0v) is 16.1. The molecule has 0 unspecified atom stereocenters. The van der Waals surface area contributed by atoms with Crippen molar-refractivity contribution in [3.63, 3.8) is 0 Å². The Morgan fingerprint density at radius 2 is 1.48 bits per heavy atom. The number of methoxy groups -OCH3 is 1. The lowest BCUT2D eigenvalue weighted by atomic mass is 9.88. The average molecular weight is 385 g/mol. The van der Waals surface area contributed by atoms with Gasteiger partial charge in [-0.2, -0.15) is 0 Å². The van der Waals surface area contributed by atoms with Gasteiger partial charge in [-0.1, -0.05) is 35.9 Å². The molecule has 0 fully saturated rings. The lowest BCUT2D eigenvalue weighted by Crippen LogP contribution is -2.82. The number of nitrogens with two attached hydrogens (primary N) is 1. The minimum Gasteiger partial charge on any atom is -0.497 e. The summed E-state index contributed by atoms with van der Waals surface area (Å²) in [6, 6.07) is 22.9. The number of halogens is 2. The summed E-state index contributed by atoms with van der Waals surface area (Å²) in [6.07, 6.45) is 0.962. The lowest BCUT2D eigenvalue weighted by molar-refractivity contribution is -0.671. The number of quaternary nitrogens is 1. The fraction of sp³-hybridized carbons (Fsp3) is 0.217. The van der Waals surface area contributed by atoms with Crippen LogP contribution in [0.3, 0.4) is 0 Å². The van der Waals surface area contributed by atoms with Gasteiger partial charge in [-0.05, 0) is 59.7 Å². The van der Waals surface area contributed by atoms with E-state index in [9.17, 15) is 4.39 Å². The van der Waals surface area contributed by atoms with Crippen LogP contribution in [0.15, 0.2) is 72.8 Å². The van der Waals surface area contributed by atoms with Gasteiger partial charge < -0.3 is 10.1 Å². The predicted octanol–water partition coefficient (Wildman–Crippen LogP) is 4.77. The molecule has 0 aliphatic heterocycles. The van der Waals surface area contributed by atoms with Gasteiger partial charge in [-0.15, -0.1) is 0 Å². The Hall–Kier alpha value is -2.36. The third-order valence-electron chi connectivity index (χ3n) is 4.74. The van der Waals surface area contributed by atoms with Crippen LogP contribution in [-0.4, -0.2) is 13.7 Å². The topological polar surface area (TPSA) is 25.8 Å². The van der Waals surface area contributed by atoms with E-state index in [0.717, 1.165) is 35.8 Å². The summed E-state index contributed by atoms with van der Waals surface area (Å²) < 4.78 is 18.5. The second-order valence-electron chi connectivity index (χ2n) is 6.57. The summed E-state index contributed by atoms with van der Waals surface area (Å²) in [5.74, 6) is 0.882. The number of ether oxygens (including phenoxy) is 1. The molecule has 0 radical (unpaired) electrons. The third-order valence-corrected chi connectivity index (χ3v) is 5.00. The molecule has 3 rings (SSSR count). The van der Waals surface area contributed by atoms with E-state index in [-0.39, 0.29) is 11.7 Å². The Labute approximate surface area is 165 Å². The van der Waals surface area contributed by atoms with Crippen LogP contribution in [0, 0.1) is 5.82 Å². The molecule has 1 atom stereocenters. The molecule has 2 N–H and O–H groups in total. The monoisotopic (exact) mass is 384 g/mol. The summed E-state index contributed by atoms with van der Waals surface area (Å²) in [7, 11) is 1.67. The van der Waals surface area contributed by atoms with Crippen molar-refractivity contribution in [3.8, 4) is 5.75 Å². The van der Waals surface area contributed by atoms with Gasteiger partial charge in [0.25, 0.3) is 0 Å². The molecule has 0 aliphatic rings. The van der Waals surface area contributed by atoms with Crippen LogP contribution in [0.25, 0.3) is 0 Å². The third kappa shape index (κ3) is 5.56. The van der Waals surface area contributed by atoms with Crippen molar-refractivity contribution in [2.45, 2.75) is 18.9 Å². The molecular weight excluding hydrogens is 361 g/mol. The largest absolute Gasteiger partial charge is 0.497 e. The van der Waals surface area contributed by atoms with E-state index < -0.39 is 0 Å². The van der Waals surface area contributed by atoms with Crippen molar-refractivity contribution < 1.29 is 14.4 Å². The van der Waals surface area contributed by atoms with Crippen LogP contribution in [0.4, 0.5) is 4.39 Å². The maximum atomic E-state index is 13.3. The maximum Gasteiger partial charge on any atom is 0.123 e. The Balaban J connectivity index is 1.64. The van der Waals surface area contributed by atoms with Gasteiger partial charge in [0.2, 0.25) is 0 Å². The first kappa shape index (κ1) is 19.4. The van der Waals surface area contributed by atoms with Crippen LogP contribution in [-0.2, 0) is 6.54 Å². The maximum absolute atomic E-state index is 13.3. The van der Waals surface area contributed by atoms with E-state index in [4.69, 9.17) is 16.3 Å². The van der Waals surface area contributed by atoms with E-state index in [1.165, 1.54) is 23.3 Å². The average Bonchev–Trinajstić information content (AvgIpc) is 2.70. The molecule has 0 saturated heterocycles. The number of rotatable bonds is 8. The zero-order chi connectivity index (χ0) is 19.1. The van der Waals surface area contributed by atoms with E-state index >= 15 is 0 Å². The second-order valence-corrected chi connectivity index (χ2v) is 7.01. The van der Waals surface area contributed by atoms with Gasteiger partial charge in [0.05, 0.1) is 13.7 Å². The first-order valence-electron chi connectivity index (χ1n) is 9.11. The van der Waals surface area contributed by atoms with Crippen LogP contribution < -0.4 is 10.1 Å². The van der Waals surface area contributed by atoms with Crippen molar-refractivity contribution in [2.75, 3.05) is 13.7 Å². The minimum atomic E-state index is -0.209. The summed E-state index contributed by atoms with van der Waals surface area (Å²) in [4.78, 5) is 0. The van der Waals surface area contributed by atoms with Gasteiger partial charge in [0.1, 0.15) is 18.1 Å². The van der Waals surface area contributed by atoms with Crippen molar-refractivity contribution in [3.05, 3.63) is 100 Å². The Kier molecular flexibility index (Phi) is 6.86. The molecule has 0 aliphatic carbocycles. The molecule has 27 heavy (non-hydrogen) atoms. The molecule has 0 bridgehead atoms. The molecule has 0 spiro atoms. The van der Waals surface area contributed by atoms with E-state index in [2.05, 4.69) is 29.6 Å². The molecule has 0 heterocycles. The minimum absolute atomic E-state index is 0.209. The van der Waals surface area contributed by atoms with Crippen molar-refractivity contribution in [2.24, 2.45) is 0 Å². The molecule has 3 aromatic rings. The van der Waals surface area contributed by atoms with Gasteiger partial charge in [0, 0.05) is 22.9 Å². The summed E-state index contributed by atoms with van der Waals surface area (Å²) in [6.45, 7) is 1.89. The molecular formula is C23H24ClFNO+. The van der Waals surface area contributed by atoms with Crippen molar-refractivity contribution >= 4 is 11.6 Å². The fourth-order valence-electron chi connectivity index (χ4n) is 3.23. The Morgan fingerprint density at radius 1 is 0.889 bits per heavy atom. The summed E-state index contributed by atoms with van der Waals surface area (Å²) in [5, 5.41) is 3.02. The SMILES string of the molecule is COc1ccc(C[NH2+]CC[C@@H](c2ccc(F)cc2)c2ccc(Cl)cc2)cc1. The van der Waals surface area contributed by atoms with E-state index in [1.807, 2.05) is 36.4 Å². The molecule has 2 nitrogen and oxygen atoms in total. The molecule has 4 heteroatoms. The normalized spacial score (nSPS) is 12.0. The Bertz CT molecular complexity index is 786. The van der Waals surface area contributed by atoms with Gasteiger partial charge in [-0.3, -0.25) is 0 Å². The molecule has 0 aromatic heterocycles. The molecule has 3 aromatic carbocycles. The highest BCUT2D eigenvalue weighted by Gasteiger charge is 2.15. The lowest BCUT2D eigenvalue weighted by Gasteiger charge is -2.18. The zero-order valence-electron chi connectivity index (χ0n) is 15.4. The number of hydrogen-bond donors (Lipinski definition) is 1. The van der Waals surface area contributed by atoms with Crippen LogP contribution in [0.5, 0.6) is 5.75 Å². The predicted molar refractivity (Wildman–Crippen MR) is 108 cm³/mol. The Morgan fingerprint density at radius 3 is 2.07 bits per heavy atom. The van der Waals surface area contributed by atoms with Crippen LogP contribution in [0.2, 0.25) is 5.02 Å². The van der Waals surface area contributed by atoms with E-state index in [0.29, 0.717) is 0 Å². The van der Waals surface area contributed by atoms with Gasteiger partial charge in [0.15, 0.2) is 0 Å².